The maximum absolute atomic E-state index is 6.18. The quantitative estimate of drug-likeness (QED) is 0.916. The molecule has 0 spiro atoms. The van der Waals surface area contributed by atoms with Crippen LogP contribution in [-0.2, 0) is 6.54 Å². The van der Waals surface area contributed by atoms with Crippen LogP contribution in [0.5, 0.6) is 0 Å². The van der Waals surface area contributed by atoms with Gasteiger partial charge in [0.25, 0.3) is 0 Å². The molecule has 2 aromatic rings. The van der Waals surface area contributed by atoms with Crippen LogP contribution < -0.4 is 5.32 Å². The molecule has 6 heteroatoms. The van der Waals surface area contributed by atoms with Gasteiger partial charge in [0.15, 0.2) is 5.82 Å². The molecule has 0 unspecified atom stereocenters. The number of aromatic nitrogens is 3. The van der Waals surface area contributed by atoms with Crippen LogP contribution in [0.4, 0.5) is 0 Å². The first-order valence-electron chi connectivity index (χ1n) is 6.55. The molecular weight excluding hydrogens is 295 g/mol. The van der Waals surface area contributed by atoms with E-state index in [1.807, 2.05) is 19.1 Å². The van der Waals surface area contributed by atoms with Crippen LogP contribution in [0.15, 0.2) is 18.3 Å². The standard InChI is InChI=1S/C14H18Cl2N4/c1-9(2)6-17-7-13-11(15)4-5-14(18-13)20-8-12(16)10(3)19-20/h4-5,8-9,17H,6-7H2,1-3H3. The molecule has 0 amide bonds. The van der Waals surface area contributed by atoms with Crippen LogP contribution in [0, 0.1) is 12.8 Å². The van der Waals surface area contributed by atoms with E-state index in [9.17, 15) is 0 Å². The van der Waals surface area contributed by atoms with E-state index in [0.29, 0.717) is 28.3 Å². The Kier molecular flexibility index (Phi) is 5.02. The Morgan fingerprint density at radius 3 is 2.60 bits per heavy atom. The first-order valence-corrected chi connectivity index (χ1v) is 7.31. The monoisotopic (exact) mass is 312 g/mol. The number of pyridine rings is 1. The summed E-state index contributed by atoms with van der Waals surface area (Å²) in [5.41, 5.74) is 1.59. The van der Waals surface area contributed by atoms with Gasteiger partial charge in [0, 0.05) is 6.54 Å². The van der Waals surface area contributed by atoms with Gasteiger partial charge in [0.05, 0.1) is 27.6 Å². The number of nitrogens with one attached hydrogen (secondary N) is 1. The van der Waals surface area contributed by atoms with Gasteiger partial charge in [-0.15, -0.1) is 0 Å². The zero-order valence-corrected chi connectivity index (χ0v) is 13.3. The summed E-state index contributed by atoms with van der Waals surface area (Å²) in [6.45, 7) is 7.74. The first kappa shape index (κ1) is 15.3. The van der Waals surface area contributed by atoms with Crippen molar-refractivity contribution in [2.24, 2.45) is 5.92 Å². The van der Waals surface area contributed by atoms with E-state index >= 15 is 0 Å². The highest BCUT2D eigenvalue weighted by atomic mass is 35.5. The van der Waals surface area contributed by atoms with Crippen molar-refractivity contribution in [3.05, 3.63) is 39.8 Å². The van der Waals surface area contributed by atoms with E-state index in [1.54, 1.807) is 10.9 Å². The summed E-state index contributed by atoms with van der Waals surface area (Å²) in [5.74, 6) is 1.30. The smallest absolute Gasteiger partial charge is 0.153 e. The van der Waals surface area contributed by atoms with Crippen LogP contribution in [0.1, 0.15) is 25.2 Å². The molecule has 20 heavy (non-hydrogen) atoms. The lowest BCUT2D eigenvalue weighted by Crippen LogP contribution is -2.20. The Labute approximate surface area is 129 Å². The molecule has 2 aromatic heterocycles. The fourth-order valence-electron chi connectivity index (χ4n) is 1.76. The minimum atomic E-state index is 0.588. The molecule has 0 fully saturated rings. The average Bonchev–Trinajstić information content (AvgIpc) is 2.71. The van der Waals surface area contributed by atoms with E-state index in [0.717, 1.165) is 17.9 Å². The summed E-state index contributed by atoms with van der Waals surface area (Å²) in [6, 6.07) is 3.66. The van der Waals surface area contributed by atoms with Crippen LogP contribution in [-0.4, -0.2) is 21.3 Å². The molecule has 0 aromatic carbocycles. The topological polar surface area (TPSA) is 42.7 Å². The first-order chi connectivity index (χ1) is 9.47. The maximum Gasteiger partial charge on any atom is 0.153 e. The number of nitrogens with zero attached hydrogens (tertiary/aromatic N) is 3. The van der Waals surface area contributed by atoms with E-state index in [4.69, 9.17) is 23.2 Å². The Bertz CT molecular complexity index is 573. The minimum Gasteiger partial charge on any atom is -0.311 e. The second-order valence-electron chi connectivity index (χ2n) is 5.13. The fraction of sp³-hybridized carbons (Fsp3) is 0.429. The Balaban J connectivity index is 2.19. The van der Waals surface area contributed by atoms with Gasteiger partial charge in [-0.25, -0.2) is 9.67 Å². The molecule has 2 heterocycles. The van der Waals surface area contributed by atoms with Crippen LogP contribution in [0.2, 0.25) is 10.0 Å². The molecule has 4 nitrogen and oxygen atoms in total. The van der Waals surface area contributed by atoms with E-state index in [-0.39, 0.29) is 0 Å². The summed E-state index contributed by atoms with van der Waals surface area (Å²) in [7, 11) is 0. The number of hydrogen-bond acceptors (Lipinski definition) is 3. The highest BCUT2D eigenvalue weighted by Crippen LogP contribution is 2.19. The van der Waals surface area contributed by atoms with Gasteiger partial charge in [0.2, 0.25) is 0 Å². The van der Waals surface area contributed by atoms with Crippen molar-refractivity contribution in [3.63, 3.8) is 0 Å². The largest absolute Gasteiger partial charge is 0.311 e. The summed E-state index contributed by atoms with van der Waals surface area (Å²) in [6.07, 6.45) is 1.75. The number of halogens is 2. The number of hydrogen-bond donors (Lipinski definition) is 1. The predicted molar refractivity (Wildman–Crippen MR) is 82.7 cm³/mol. The maximum atomic E-state index is 6.18. The lowest BCUT2D eigenvalue weighted by molar-refractivity contribution is 0.548. The van der Waals surface area contributed by atoms with Gasteiger partial charge in [-0.1, -0.05) is 37.0 Å². The third kappa shape index (κ3) is 3.72. The van der Waals surface area contributed by atoms with Gasteiger partial charge >= 0.3 is 0 Å². The van der Waals surface area contributed by atoms with Gasteiger partial charge < -0.3 is 5.32 Å². The lowest BCUT2D eigenvalue weighted by Gasteiger charge is -2.09. The highest BCUT2D eigenvalue weighted by Gasteiger charge is 2.08. The number of rotatable bonds is 5. The molecule has 0 atom stereocenters. The summed E-state index contributed by atoms with van der Waals surface area (Å²) in [5, 5.41) is 8.93. The number of aryl methyl sites for hydroxylation is 1. The zero-order valence-electron chi connectivity index (χ0n) is 11.8. The normalized spacial score (nSPS) is 11.3. The predicted octanol–water partition coefficient (Wildman–Crippen LogP) is 3.63. The van der Waals surface area contributed by atoms with Crippen LogP contribution in [0.3, 0.4) is 0 Å². The summed E-state index contributed by atoms with van der Waals surface area (Å²) in [4.78, 5) is 4.54. The van der Waals surface area contributed by atoms with E-state index < -0.39 is 0 Å². The minimum absolute atomic E-state index is 0.588. The second-order valence-corrected chi connectivity index (χ2v) is 5.94. The van der Waals surface area contributed by atoms with Gasteiger partial charge in [0.1, 0.15) is 0 Å². The van der Waals surface area contributed by atoms with E-state index in [1.165, 1.54) is 0 Å². The molecular formula is C14H18Cl2N4. The van der Waals surface area contributed by atoms with Crippen molar-refractivity contribution in [2.75, 3.05) is 6.54 Å². The molecule has 0 saturated heterocycles. The molecule has 0 saturated carbocycles. The van der Waals surface area contributed by atoms with E-state index in [2.05, 4.69) is 29.2 Å². The Morgan fingerprint density at radius 1 is 1.25 bits per heavy atom. The van der Waals surface area contributed by atoms with Crippen molar-refractivity contribution in [1.29, 1.82) is 0 Å². The van der Waals surface area contributed by atoms with Gasteiger partial charge in [-0.3, -0.25) is 0 Å². The highest BCUT2D eigenvalue weighted by molar-refractivity contribution is 6.31. The lowest BCUT2D eigenvalue weighted by atomic mass is 10.2. The molecule has 0 bridgehead atoms. The Hall–Kier alpha value is -1.10. The van der Waals surface area contributed by atoms with Crippen molar-refractivity contribution in [2.45, 2.75) is 27.3 Å². The molecule has 0 aliphatic carbocycles. The average molecular weight is 313 g/mol. The second kappa shape index (κ2) is 6.57. The molecule has 2 rings (SSSR count). The third-order valence-corrected chi connectivity index (χ3v) is 3.54. The summed E-state index contributed by atoms with van der Waals surface area (Å²) < 4.78 is 1.67. The molecule has 0 radical (unpaired) electrons. The molecule has 0 aliphatic heterocycles. The van der Waals surface area contributed by atoms with Crippen LogP contribution >= 0.6 is 23.2 Å². The summed E-state index contributed by atoms with van der Waals surface area (Å²) >= 11 is 12.2. The third-order valence-electron chi connectivity index (χ3n) is 2.82. The van der Waals surface area contributed by atoms with Gasteiger partial charge in [-0.05, 0) is 31.5 Å². The Morgan fingerprint density at radius 2 is 2.00 bits per heavy atom. The molecule has 1 N–H and O–H groups in total. The van der Waals surface area contributed by atoms with Gasteiger partial charge in [-0.2, -0.15) is 5.10 Å². The fourth-order valence-corrected chi connectivity index (χ4v) is 2.06. The van der Waals surface area contributed by atoms with Crippen LogP contribution in [0.25, 0.3) is 5.82 Å². The molecule has 108 valence electrons. The van der Waals surface area contributed by atoms with Crippen molar-refractivity contribution < 1.29 is 0 Å². The van der Waals surface area contributed by atoms with Crippen molar-refractivity contribution in [3.8, 4) is 5.82 Å². The van der Waals surface area contributed by atoms with Crippen molar-refractivity contribution in [1.82, 2.24) is 20.1 Å². The molecule has 0 aliphatic rings. The zero-order chi connectivity index (χ0) is 14.7. The SMILES string of the molecule is Cc1nn(-c2ccc(Cl)c(CNCC(C)C)n2)cc1Cl. The van der Waals surface area contributed by atoms with Crippen molar-refractivity contribution >= 4 is 23.2 Å².